The summed E-state index contributed by atoms with van der Waals surface area (Å²) in [7, 11) is -3.84. The molecular formula is C24H30N2O4S. The first-order chi connectivity index (χ1) is 14.9. The third-order valence-electron chi connectivity index (χ3n) is 6.21. The van der Waals surface area contributed by atoms with Gasteiger partial charge in [-0.05, 0) is 49.1 Å². The van der Waals surface area contributed by atoms with E-state index in [0.29, 0.717) is 36.2 Å². The second-order valence-corrected chi connectivity index (χ2v) is 10.3. The lowest BCUT2D eigenvalue weighted by molar-refractivity contribution is 0.0933. The van der Waals surface area contributed by atoms with E-state index in [4.69, 9.17) is 4.74 Å². The molecule has 1 fully saturated rings. The number of sulfonamides is 1. The van der Waals surface area contributed by atoms with E-state index in [-0.39, 0.29) is 17.1 Å². The summed E-state index contributed by atoms with van der Waals surface area (Å²) >= 11 is 0. The summed E-state index contributed by atoms with van der Waals surface area (Å²) in [5.41, 5.74) is 1.76. The molecule has 0 aromatic heterocycles. The number of carbonyl (C=O) groups excluding carboxylic acids is 1. The van der Waals surface area contributed by atoms with Crippen molar-refractivity contribution >= 4 is 21.5 Å². The largest absolute Gasteiger partial charge is 0.492 e. The van der Waals surface area contributed by atoms with Crippen molar-refractivity contribution in [2.75, 3.05) is 11.3 Å². The van der Waals surface area contributed by atoms with Crippen LogP contribution in [0.5, 0.6) is 5.75 Å². The van der Waals surface area contributed by atoms with Gasteiger partial charge in [0.05, 0.1) is 22.8 Å². The Balaban J connectivity index is 1.46. The molecule has 0 amide bonds. The highest BCUT2D eigenvalue weighted by Crippen LogP contribution is 2.30. The number of carbonyl (C=O) groups is 1. The van der Waals surface area contributed by atoms with Gasteiger partial charge in [0.25, 0.3) is 10.0 Å². The third-order valence-corrected chi connectivity index (χ3v) is 7.58. The van der Waals surface area contributed by atoms with Crippen molar-refractivity contribution in [3.63, 3.8) is 0 Å². The minimum atomic E-state index is -3.84. The fraction of sp³-hybridized carbons (Fsp3) is 0.458. The van der Waals surface area contributed by atoms with Crippen LogP contribution in [0.15, 0.2) is 47.4 Å². The van der Waals surface area contributed by atoms with Gasteiger partial charge in [-0.25, -0.2) is 8.42 Å². The number of hydrogen-bond donors (Lipinski definition) is 2. The zero-order valence-corrected chi connectivity index (χ0v) is 18.7. The molecule has 1 aliphatic carbocycles. The summed E-state index contributed by atoms with van der Waals surface area (Å²) in [5.74, 6) is 1.14. The molecule has 4 rings (SSSR count). The second kappa shape index (κ2) is 9.40. The van der Waals surface area contributed by atoms with Crippen molar-refractivity contribution in [2.45, 2.75) is 62.9 Å². The lowest BCUT2D eigenvalue weighted by atomic mass is 9.99. The predicted octanol–water partition coefficient (Wildman–Crippen LogP) is 4.51. The van der Waals surface area contributed by atoms with Crippen LogP contribution in [0.3, 0.4) is 0 Å². The maximum atomic E-state index is 13.0. The van der Waals surface area contributed by atoms with E-state index in [1.165, 1.54) is 37.8 Å². The summed E-state index contributed by atoms with van der Waals surface area (Å²) in [4.78, 5) is 12.2. The average Bonchev–Trinajstić information content (AvgIpc) is 3.26. The number of Topliss-reactive ketones (excluding diaryl/α,β-unsaturated/α-hetero) is 1. The second-order valence-electron chi connectivity index (χ2n) is 8.61. The molecule has 2 aliphatic rings. The lowest BCUT2D eigenvalue weighted by Crippen LogP contribution is -2.28. The van der Waals surface area contributed by atoms with Gasteiger partial charge in [-0.1, -0.05) is 43.9 Å². The summed E-state index contributed by atoms with van der Waals surface area (Å²) in [6.45, 7) is 3.11. The molecule has 0 radical (unpaired) electrons. The number of nitrogens with one attached hydrogen (secondary N) is 2. The molecule has 0 unspecified atom stereocenters. The molecule has 1 atom stereocenters. The fourth-order valence-corrected chi connectivity index (χ4v) is 5.63. The van der Waals surface area contributed by atoms with Crippen LogP contribution in [-0.2, 0) is 16.6 Å². The Labute approximate surface area is 184 Å². The molecule has 0 spiro atoms. The lowest BCUT2D eigenvalue weighted by Gasteiger charge is -2.20. The van der Waals surface area contributed by atoms with Gasteiger partial charge < -0.3 is 10.1 Å². The molecule has 6 nitrogen and oxygen atoms in total. The highest BCUT2D eigenvalue weighted by Gasteiger charge is 2.23. The highest BCUT2D eigenvalue weighted by molar-refractivity contribution is 7.92. The number of para-hydroxylation sites is 1. The van der Waals surface area contributed by atoms with Crippen molar-refractivity contribution in [3.05, 3.63) is 53.6 Å². The van der Waals surface area contributed by atoms with Gasteiger partial charge in [0.1, 0.15) is 5.75 Å². The molecule has 166 valence electrons. The van der Waals surface area contributed by atoms with Gasteiger partial charge in [-0.3, -0.25) is 9.52 Å². The smallest absolute Gasteiger partial charge is 0.261 e. The maximum Gasteiger partial charge on any atom is 0.261 e. The maximum absolute atomic E-state index is 13.0. The van der Waals surface area contributed by atoms with Gasteiger partial charge in [-0.15, -0.1) is 0 Å². The molecule has 1 heterocycles. The molecule has 0 saturated heterocycles. The zero-order chi connectivity index (χ0) is 21.8. The summed E-state index contributed by atoms with van der Waals surface area (Å²) in [5, 5.41) is 3.54. The van der Waals surface area contributed by atoms with E-state index >= 15 is 0 Å². The van der Waals surface area contributed by atoms with Crippen molar-refractivity contribution in [3.8, 4) is 5.75 Å². The Kier molecular flexibility index (Phi) is 6.62. The van der Waals surface area contributed by atoms with E-state index in [2.05, 4.69) is 17.0 Å². The summed E-state index contributed by atoms with van der Waals surface area (Å²) < 4.78 is 34.2. The molecule has 2 N–H and O–H groups in total. The number of hydrogen-bond acceptors (Lipinski definition) is 5. The molecule has 0 bridgehead atoms. The standard InChI is InChI=1S/C24H30N2O4S/c1-17(14-18-6-2-3-7-18)25-16-19-8-4-5-9-22(19)26-31(28,29)20-10-11-24-21(15-20)23(27)12-13-30-24/h4-5,8-11,15,17-18,25-26H,2-3,6-7,12-14,16H2,1H3/t17-/m0/s1. The van der Waals surface area contributed by atoms with Crippen molar-refractivity contribution < 1.29 is 17.9 Å². The first kappa shape index (κ1) is 21.8. The van der Waals surface area contributed by atoms with Gasteiger partial charge in [0.2, 0.25) is 0 Å². The van der Waals surface area contributed by atoms with Crippen LogP contribution in [-0.4, -0.2) is 26.8 Å². The third kappa shape index (κ3) is 5.28. The first-order valence-electron chi connectivity index (χ1n) is 11.1. The Morgan fingerprint density at radius 2 is 1.90 bits per heavy atom. The molecule has 2 aromatic carbocycles. The van der Waals surface area contributed by atoms with Crippen LogP contribution in [0.4, 0.5) is 5.69 Å². The predicted molar refractivity (Wildman–Crippen MR) is 121 cm³/mol. The van der Waals surface area contributed by atoms with Crippen LogP contribution in [0.25, 0.3) is 0 Å². The Hall–Kier alpha value is -2.38. The minimum Gasteiger partial charge on any atom is -0.492 e. The number of fused-ring (bicyclic) bond motifs is 1. The summed E-state index contributed by atoms with van der Waals surface area (Å²) in [6, 6.07) is 12.2. The fourth-order valence-electron chi connectivity index (χ4n) is 4.50. The molecule has 1 saturated carbocycles. The number of rotatable bonds is 8. The first-order valence-corrected chi connectivity index (χ1v) is 12.5. The van der Waals surface area contributed by atoms with Gasteiger partial charge in [-0.2, -0.15) is 0 Å². The van der Waals surface area contributed by atoms with Crippen molar-refractivity contribution in [1.82, 2.24) is 5.32 Å². The number of anilines is 1. The van der Waals surface area contributed by atoms with Gasteiger partial charge >= 0.3 is 0 Å². The van der Waals surface area contributed by atoms with E-state index in [1.54, 1.807) is 12.1 Å². The minimum absolute atomic E-state index is 0.0578. The number of ketones is 1. The van der Waals surface area contributed by atoms with Crippen molar-refractivity contribution in [2.24, 2.45) is 5.92 Å². The van der Waals surface area contributed by atoms with Gasteiger partial charge in [0.15, 0.2) is 5.78 Å². The van der Waals surface area contributed by atoms with E-state index in [1.807, 2.05) is 18.2 Å². The van der Waals surface area contributed by atoms with Crippen LogP contribution >= 0.6 is 0 Å². The SMILES string of the molecule is C[C@@H](CC1CCCC1)NCc1ccccc1NS(=O)(=O)c1ccc2c(c1)C(=O)CCO2. The molecule has 31 heavy (non-hydrogen) atoms. The Morgan fingerprint density at radius 3 is 2.71 bits per heavy atom. The number of benzene rings is 2. The molecule has 2 aromatic rings. The van der Waals surface area contributed by atoms with E-state index in [0.717, 1.165) is 17.9 Å². The van der Waals surface area contributed by atoms with E-state index in [9.17, 15) is 13.2 Å². The van der Waals surface area contributed by atoms with Crippen molar-refractivity contribution in [1.29, 1.82) is 0 Å². The number of ether oxygens (including phenoxy) is 1. The average molecular weight is 443 g/mol. The highest BCUT2D eigenvalue weighted by atomic mass is 32.2. The van der Waals surface area contributed by atoms with Gasteiger partial charge in [0, 0.05) is 19.0 Å². The zero-order valence-electron chi connectivity index (χ0n) is 17.9. The Morgan fingerprint density at radius 1 is 1.13 bits per heavy atom. The normalized spacial score (nSPS) is 17.8. The molecule has 7 heteroatoms. The van der Waals surface area contributed by atoms with Crippen LogP contribution < -0.4 is 14.8 Å². The molecule has 1 aliphatic heterocycles. The quantitative estimate of drug-likeness (QED) is 0.628. The summed E-state index contributed by atoms with van der Waals surface area (Å²) in [6.07, 6.45) is 6.72. The molecular weight excluding hydrogens is 412 g/mol. The monoisotopic (exact) mass is 442 g/mol. The Bertz CT molecular complexity index is 1050. The van der Waals surface area contributed by atoms with Crippen LogP contribution in [0.2, 0.25) is 0 Å². The van der Waals surface area contributed by atoms with Crippen LogP contribution in [0, 0.1) is 5.92 Å². The van der Waals surface area contributed by atoms with Crippen LogP contribution in [0.1, 0.15) is 61.4 Å². The van der Waals surface area contributed by atoms with E-state index < -0.39 is 10.0 Å². The topological polar surface area (TPSA) is 84.5 Å².